The molecule has 4 nitrogen and oxygen atoms in total. The van der Waals surface area contributed by atoms with Gasteiger partial charge in [0.15, 0.2) is 5.82 Å². The molecule has 2 aromatic rings. The Morgan fingerprint density at radius 3 is 2.75 bits per heavy atom. The molecule has 0 spiro atoms. The van der Waals surface area contributed by atoms with Gasteiger partial charge >= 0.3 is 0 Å². The Hall–Kier alpha value is -1.59. The van der Waals surface area contributed by atoms with Crippen LogP contribution in [0.1, 0.15) is 23.9 Å². The summed E-state index contributed by atoms with van der Waals surface area (Å²) in [6.45, 7) is 7.14. The summed E-state index contributed by atoms with van der Waals surface area (Å²) in [6.07, 6.45) is 0. The highest BCUT2D eigenvalue weighted by atomic mass is 32.2. The molecule has 106 valence electrons. The average molecular weight is 289 g/mol. The molecular weight excluding hydrogens is 270 g/mol. The largest absolute Gasteiger partial charge is 0.384 e. The molecule has 0 aliphatic carbocycles. The van der Waals surface area contributed by atoms with Crippen LogP contribution in [0, 0.1) is 13.8 Å². The number of ether oxygens (including phenoxy) is 1. The fourth-order valence-corrected chi connectivity index (χ4v) is 2.76. The van der Waals surface area contributed by atoms with E-state index in [1.54, 1.807) is 17.8 Å². The highest BCUT2D eigenvalue weighted by molar-refractivity contribution is 7.99. The molecule has 0 amide bonds. The zero-order valence-electron chi connectivity index (χ0n) is 12.0. The van der Waals surface area contributed by atoms with E-state index in [9.17, 15) is 0 Å². The molecule has 5 heteroatoms. The minimum atomic E-state index is 0.391. The molecule has 0 fully saturated rings. The monoisotopic (exact) mass is 289 g/mol. The van der Waals surface area contributed by atoms with E-state index in [0.29, 0.717) is 24.9 Å². The maximum absolute atomic E-state index is 5.83. The number of rotatable bonds is 5. The van der Waals surface area contributed by atoms with Crippen LogP contribution in [0.15, 0.2) is 34.2 Å². The number of aromatic nitrogens is 2. The first kappa shape index (κ1) is 14.8. The number of nitrogens with two attached hydrogens (primary N) is 1. The second kappa shape index (κ2) is 6.72. The molecule has 2 N–H and O–H groups in total. The summed E-state index contributed by atoms with van der Waals surface area (Å²) in [5, 5.41) is 0.848. The molecule has 0 bridgehead atoms. The Kier molecular flexibility index (Phi) is 4.98. The van der Waals surface area contributed by atoms with Gasteiger partial charge in [0.05, 0.1) is 0 Å². The maximum Gasteiger partial charge on any atom is 0.157 e. The quantitative estimate of drug-likeness (QED) is 0.855. The van der Waals surface area contributed by atoms with E-state index in [-0.39, 0.29) is 0 Å². The number of nitrogen functional groups attached to an aromatic ring is 1. The van der Waals surface area contributed by atoms with Gasteiger partial charge in [-0.1, -0.05) is 23.9 Å². The minimum Gasteiger partial charge on any atom is -0.384 e. The lowest BCUT2D eigenvalue weighted by atomic mass is 10.2. The van der Waals surface area contributed by atoms with Crippen molar-refractivity contribution in [2.75, 3.05) is 12.3 Å². The summed E-state index contributed by atoms with van der Waals surface area (Å²) in [5.74, 6) is 1.10. The predicted molar refractivity (Wildman–Crippen MR) is 81.8 cm³/mol. The lowest BCUT2D eigenvalue weighted by molar-refractivity contribution is 0.128. The number of hydrogen-bond acceptors (Lipinski definition) is 5. The van der Waals surface area contributed by atoms with Gasteiger partial charge in [-0.2, -0.15) is 0 Å². The van der Waals surface area contributed by atoms with Crippen LogP contribution >= 0.6 is 11.8 Å². The molecule has 0 aliphatic rings. The predicted octanol–water partition coefficient (Wildman–Crippen LogP) is 3.36. The average Bonchev–Trinajstić information content (AvgIpc) is 2.40. The van der Waals surface area contributed by atoms with Gasteiger partial charge in [-0.15, -0.1) is 0 Å². The van der Waals surface area contributed by atoms with Crippen molar-refractivity contribution in [1.82, 2.24) is 9.97 Å². The lowest BCUT2D eigenvalue weighted by Gasteiger charge is -2.08. The van der Waals surface area contributed by atoms with Crippen LogP contribution in [0.5, 0.6) is 0 Å². The third-order valence-corrected chi connectivity index (χ3v) is 3.84. The first-order valence-electron chi connectivity index (χ1n) is 6.54. The second-order valence-corrected chi connectivity index (χ2v) is 5.62. The van der Waals surface area contributed by atoms with Crippen molar-refractivity contribution in [3.05, 3.63) is 41.2 Å². The van der Waals surface area contributed by atoms with Gasteiger partial charge in [-0.05, 0) is 38.0 Å². The molecule has 0 atom stereocenters. The number of aryl methyl sites for hydroxylation is 2. The van der Waals surface area contributed by atoms with Crippen LogP contribution in [0.4, 0.5) is 5.82 Å². The molecule has 1 heterocycles. The van der Waals surface area contributed by atoms with Crippen LogP contribution < -0.4 is 5.73 Å². The third-order valence-electron chi connectivity index (χ3n) is 2.76. The van der Waals surface area contributed by atoms with Crippen molar-refractivity contribution in [2.45, 2.75) is 37.3 Å². The molecule has 1 aromatic carbocycles. The van der Waals surface area contributed by atoms with Crippen molar-refractivity contribution in [3.63, 3.8) is 0 Å². The highest BCUT2D eigenvalue weighted by Crippen LogP contribution is 2.30. The van der Waals surface area contributed by atoms with E-state index in [4.69, 9.17) is 10.5 Å². The molecule has 0 saturated carbocycles. The molecule has 20 heavy (non-hydrogen) atoms. The summed E-state index contributed by atoms with van der Waals surface area (Å²) < 4.78 is 5.33. The van der Waals surface area contributed by atoms with Gasteiger partial charge in [0, 0.05) is 17.6 Å². The number of hydrogen-bond donors (Lipinski definition) is 1. The van der Waals surface area contributed by atoms with E-state index >= 15 is 0 Å². The first-order chi connectivity index (χ1) is 9.58. The van der Waals surface area contributed by atoms with Crippen LogP contribution in [-0.4, -0.2) is 16.6 Å². The maximum atomic E-state index is 5.83. The molecule has 0 radical (unpaired) electrons. The number of anilines is 1. The summed E-state index contributed by atoms with van der Waals surface area (Å²) in [7, 11) is 0. The standard InChI is InChI=1S/C15H19N3OS/c1-4-19-9-14-17-13(16)8-15(18-14)20-12-7-10(2)5-6-11(12)3/h5-8H,4,9H2,1-3H3,(H2,16,17,18). The van der Waals surface area contributed by atoms with E-state index < -0.39 is 0 Å². The highest BCUT2D eigenvalue weighted by Gasteiger charge is 2.07. The smallest absolute Gasteiger partial charge is 0.157 e. The van der Waals surface area contributed by atoms with Crippen molar-refractivity contribution in [1.29, 1.82) is 0 Å². The van der Waals surface area contributed by atoms with Gasteiger partial charge < -0.3 is 10.5 Å². The Balaban J connectivity index is 2.24. The summed E-state index contributed by atoms with van der Waals surface area (Å²) in [4.78, 5) is 9.85. The number of benzene rings is 1. The van der Waals surface area contributed by atoms with Gasteiger partial charge in [-0.25, -0.2) is 9.97 Å². The van der Waals surface area contributed by atoms with Gasteiger partial charge in [0.25, 0.3) is 0 Å². The fourth-order valence-electron chi connectivity index (χ4n) is 1.73. The van der Waals surface area contributed by atoms with E-state index in [2.05, 4.69) is 42.0 Å². The van der Waals surface area contributed by atoms with Crippen LogP contribution in [0.2, 0.25) is 0 Å². The molecule has 0 saturated heterocycles. The lowest BCUT2D eigenvalue weighted by Crippen LogP contribution is -2.03. The molecule has 0 aliphatic heterocycles. The van der Waals surface area contributed by atoms with Crippen LogP contribution in [0.3, 0.4) is 0 Å². The van der Waals surface area contributed by atoms with E-state index in [0.717, 1.165) is 5.03 Å². The van der Waals surface area contributed by atoms with Crippen molar-refractivity contribution >= 4 is 17.6 Å². The summed E-state index contributed by atoms with van der Waals surface area (Å²) in [6, 6.07) is 8.17. The zero-order valence-corrected chi connectivity index (χ0v) is 12.8. The van der Waals surface area contributed by atoms with E-state index in [1.165, 1.54) is 16.0 Å². The van der Waals surface area contributed by atoms with Crippen molar-refractivity contribution < 1.29 is 4.74 Å². The Morgan fingerprint density at radius 1 is 1.20 bits per heavy atom. The molecular formula is C15H19N3OS. The SMILES string of the molecule is CCOCc1nc(N)cc(Sc2cc(C)ccc2C)n1. The Bertz CT molecular complexity index is 602. The Morgan fingerprint density at radius 2 is 2.00 bits per heavy atom. The number of nitrogens with zero attached hydrogens (tertiary/aromatic N) is 2. The molecule has 1 aromatic heterocycles. The third kappa shape index (κ3) is 3.95. The topological polar surface area (TPSA) is 61.0 Å². The first-order valence-corrected chi connectivity index (χ1v) is 7.36. The van der Waals surface area contributed by atoms with Crippen molar-refractivity contribution in [3.8, 4) is 0 Å². The normalized spacial score (nSPS) is 10.8. The minimum absolute atomic E-state index is 0.391. The summed E-state index contributed by atoms with van der Waals surface area (Å²) >= 11 is 1.60. The van der Waals surface area contributed by atoms with Crippen LogP contribution in [0.25, 0.3) is 0 Å². The van der Waals surface area contributed by atoms with Crippen LogP contribution in [-0.2, 0) is 11.3 Å². The molecule has 0 unspecified atom stereocenters. The Labute approximate surface area is 123 Å². The van der Waals surface area contributed by atoms with Gasteiger partial charge in [0.1, 0.15) is 17.5 Å². The van der Waals surface area contributed by atoms with Crippen molar-refractivity contribution in [2.24, 2.45) is 0 Å². The van der Waals surface area contributed by atoms with Gasteiger partial charge in [0.2, 0.25) is 0 Å². The van der Waals surface area contributed by atoms with Gasteiger partial charge in [-0.3, -0.25) is 0 Å². The van der Waals surface area contributed by atoms with E-state index in [1.807, 2.05) is 6.92 Å². The zero-order chi connectivity index (χ0) is 14.5. The summed E-state index contributed by atoms with van der Waals surface area (Å²) in [5.41, 5.74) is 8.29. The second-order valence-electron chi connectivity index (χ2n) is 4.56. The molecule has 2 rings (SSSR count). The fraction of sp³-hybridized carbons (Fsp3) is 0.333.